The first kappa shape index (κ1) is 14.7. The second-order valence-electron chi connectivity index (χ2n) is 5.08. The molecule has 2 unspecified atom stereocenters. The molecule has 0 radical (unpaired) electrons. The largest absolute Gasteiger partial charge is 0.468 e. The van der Waals surface area contributed by atoms with Gasteiger partial charge < -0.3 is 10.5 Å². The highest BCUT2D eigenvalue weighted by Gasteiger charge is 2.33. The second kappa shape index (κ2) is 5.98. The molecule has 0 aliphatic carbocycles. The topological polar surface area (TPSA) is 64.3 Å². The third-order valence-corrected chi connectivity index (χ3v) is 2.90. The Labute approximate surface area is 109 Å². The third kappa shape index (κ3) is 3.82. The van der Waals surface area contributed by atoms with Crippen LogP contribution in [0, 0.1) is 0 Å². The molecule has 0 saturated carbocycles. The zero-order valence-corrected chi connectivity index (χ0v) is 11.4. The quantitative estimate of drug-likeness (QED) is 0.779. The summed E-state index contributed by atoms with van der Waals surface area (Å²) < 4.78 is 4.79. The summed E-state index contributed by atoms with van der Waals surface area (Å²) in [6.45, 7) is 5.61. The van der Waals surface area contributed by atoms with Crippen LogP contribution >= 0.6 is 0 Å². The van der Waals surface area contributed by atoms with E-state index in [2.05, 4.69) is 5.32 Å². The molecular formula is C14H22N2O2. The van der Waals surface area contributed by atoms with Crippen molar-refractivity contribution in [3.8, 4) is 0 Å². The van der Waals surface area contributed by atoms with Gasteiger partial charge in [0.1, 0.15) is 6.04 Å². The lowest BCUT2D eigenvalue weighted by molar-refractivity contribution is -0.145. The first-order valence-corrected chi connectivity index (χ1v) is 6.04. The standard InChI is InChI=1S/C14H22N2O2/c1-10(11-8-6-5-7-9-11)16-12(13(17)18-4)14(2,3)15/h5-10,12,16H,15H2,1-4H3. The number of carbonyl (C=O) groups excluding carboxylic acids is 1. The van der Waals surface area contributed by atoms with Crippen LogP contribution in [0.1, 0.15) is 32.4 Å². The number of esters is 1. The highest BCUT2D eigenvalue weighted by molar-refractivity contribution is 5.77. The van der Waals surface area contributed by atoms with E-state index in [1.165, 1.54) is 7.11 Å². The Morgan fingerprint density at radius 2 is 1.89 bits per heavy atom. The maximum absolute atomic E-state index is 11.8. The highest BCUT2D eigenvalue weighted by atomic mass is 16.5. The summed E-state index contributed by atoms with van der Waals surface area (Å²) in [4.78, 5) is 11.8. The lowest BCUT2D eigenvalue weighted by Crippen LogP contribution is -2.58. The molecular weight excluding hydrogens is 228 g/mol. The molecule has 100 valence electrons. The zero-order valence-electron chi connectivity index (χ0n) is 11.4. The fourth-order valence-electron chi connectivity index (χ4n) is 1.79. The molecule has 0 bridgehead atoms. The maximum atomic E-state index is 11.8. The Kier molecular flexibility index (Phi) is 4.87. The Bertz CT molecular complexity index is 385. The lowest BCUT2D eigenvalue weighted by Gasteiger charge is -2.31. The van der Waals surface area contributed by atoms with Gasteiger partial charge in [0.15, 0.2) is 0 Å². The molecule has 0 amide bonds. The van der Waals surface area contributed by atoms with E-state index >= 15 is 0 Å². The number of nitrogens with two attached hydrogens (primary N) is 1. The number of hydrogen-bond acceptors (Lipinski definition) is 4. The van der Waals surface area contributed by atoms with E-state index in [0.717, 1.165) is 5.56 Å². The number of methoxy groups -OCH3 is 1. The fourth-order valence-corrected chi connectivity index (χ4v) is 1.79. The van der Waals surface area contributed by atoms with Crippen molar-refractivity contribution in [1.82, 2.24) is 5.32 Å². The fraction of sp³-hybridized carbons (Fsp3) is 0.500. The maximum Gasteiger partial charge on any atom is 0.324 e. The molecule has 4 nitrogen and oxygen atoms in total. The highest BCUT2D eigenvalue weighted by Crippen LogP contribution is 2.16. The van der Waals surface area contributed by atoms with E-state index in [9.17, 15) is 4.79 Å². The van der Waals surface area contributed by atoms with E-state index in [0.29, 0.717) is 0 Å². The summed E-state index contributed by atoms with van der Waals surface area (Å²) in [5, 5.41) is 3.22. The number of rotatable bonds is 5. The van der Waals surface area contributed by atoms with Crippen LogP contribution in [0.5, 0.6) is 0 Å². The van der Waals surface area contributed by atoms with Gasteiger partial charge in [-0.3, -0.25) is 10.1 Å². The van der Waals surface area contributed by atoms with Crippen molar-refractivity contribution in [2.75, 3.05) is 7.11 Å². The van der Waals surface area contributed by atoms with Crippen molar-refractivity contribution in [2.45, 2.75) is 38.4 Å². The molecule has 1 aromatic rings. The minimum Gasteiger partial charge on any atom is -0.468 e. The normalized spacial score (nSPS) is 14.9. The summed E-state index contributed by atoms with van der Waals surface area (Å²) in [6, 6.07) is 9.39. The Morgan fingerprint density at radius 3 is 2.33 bits per heavy atom. The van der Waals surface area contributed by atoms with E-state index in [1.807, 2.05) is 37.3 Å². The van der Waals surface area contributed by atoms with Crippen LogP contribution in [-0.2, 0) is 9.53 Å². The van der Waals surface area contributed by atoms with Crippen molar-refractivity contribution in [2.24, 2.45) is 5.73 Å². The predicted octanol–water partition coefficient (Wildman–Crippen LogP) is 1.62. The van der Waals surface area contributed by atoms with Gasteiger partial charge in [0, 0.05) is 11.6 Å². The number of hydrogen-bond donors (Lipinski definition) is 2. The van der Waals surface area contributed by atoms with Crippen molar-refractivity contribution in [1.29, 1.82) is 0 Å². The smallest absolute Gasteiger partial charge is 0.324 e. The summed E-state index contributed by atoms with van der Waals surface area (Å²) in [5.41, 5.74) is 6.44. The molecule has 0 spiro atoms. The molecule has 0 aliphatic rings. The zero-order chi connectivity index (χ0) is 13.8. The molecule has 18 heavy (non-hydrogen) atoms. The Morgan fingerprint density at radius 1 is 1.33 bits per heavy atom. The summed E-state index contributed by atoms with van der Waals surface area (Å²) in [5.74, 6) is -0.342. The van der Waals surface area contributed by atoms with Gasteiger partial charge in [-0.15, -0.1) is 0 Å². The van der Waals surface area contributed by atoms with Gasteiger partial charge in [-0.05, 0) is 26.3 Å². The summed E-state index contributed by atoms with van der Waals surface area (Å²) in [6.07, 6.45) is 0. The number of ether oxygens (including phenoxy) is 1. The first-order valence-electron chi connectivity index (χ1n) is 6.04. The van der Waals surface area contributed by atoms with Crippen LogP contribution in [0.3, 0.4) is 0 Å². The van der Waals surface area contributed by atoms with Gasteiger partial charge in [-0.25, -0.2) is 0 Å². The van der Waals surface area contributed by atoms with Crippen molar-refractivity contribution < 1.29 is 9.53 Å². The molecule has 0 fully saturated rings. The second-order valence-corrected chi connectivity index (χ2v) is 5.08. The first-order chi connectivity index (χ1) is 8.36. The van der Waals surface area contributed by atoms with Gasteiger partial charge in [0.25, 0.3) is 0 Å². The SMILES string of the molecule is COC(=O)C(NC(C)c1ccccc1)C(C)(C)N. The van der Waals surface area contributed by atoms with Gasteiger partial charge >= 0.3 is 5.97 Å². The van der Waals surface area contributed by atoms with Crippen molar-refractivity contribution in [3.05, 3.63) is 35.9 Å². The van der Waals surface area contributed by atoms with Gasteiger partial charge in [-0.2, -0.15) is 0 Å². The van der Waals surface area contributed by atoms with E-state index in [1.54, 1.807) is 13.8 Å². The van der Waals surface area contributed by atoms with E-state index in [-0.39, 0.29) is 12.0 Å². The van der Waals surface area contributed by atoms with Crippen LogP contribution in [0.2, 0.25) is 0 Å². The average Bonchev–Trinajstić information content (AvgIpc) is 2.34. The van der Waals surface area contributed by atoms with Crippen molar-refractivity contribution >= 4 is 5.97 Å². The summed E-state index contributed by atoms with van der Waals surface area (Å²) >= 11 is 0. The van der Waals surface area contributed by atoms with Crippen LogP contribution in [0.25, 0.3) is 0 Å². The predicted molar refractivity (Wildman–Crippen MR) is 72.1 cm³/mol. The molecule has 1 rings (SSSR count). The molecule has 3 N–H and O–H groups in total. The van der Waals surface area contributed by atoms with Crippen LogP contribution in [0.4, 0.5) is 0 Å². The molecule has 0 saturated heterocycles. The van der Waals surface area contributed by atoms with Crippen molar-refractivity contribution in [3.63, 3.8) is 0 Å². The van der Waals surface area contributed by atoms with Gasteiger partial charge in [0.2, 0.25) is 0 Å². The molecule has 1 aromatic carbocycles. The minimum absolute atomic E-state index is 0.0260. The van der Waals surface area contributed by atoms with Crippen LogP contribution < -0.4 is 11.1 Å². The molecule has 4 heteroatoms. The van der Waals surface area contributed by atoms with Gasteiger partial charge in [0.05, 0.1) is 7.11 Å². The summed E-state index contributed by atoms with van der Waals surface area (Å²) in [7, 11) is 1.37. The number of nitrogens with one attached hydrogen (secondary N) is 1. The molecule has 0 aromatic heterocycles. The van der Waals surface area contributed by atoms with E-state index < -0.39 is 11.6 Å². The average molecular weight is 250 g/mol. The molecule has 2 atom stereocenters. The van der Waals surface area contributed by atoms with Crippen LogP contribution in [0.15, 0.2) is 30.3 Å². The Balaban J connectivity index is 2.82. The number of carbonyl (C=O) groups is 1. The van der Waals surface area contributed by atoms with Gasteiger partial charge in [-0.1, -0.05) is 30.3 Å². The third-order valence-electron chi connectivity index (χ3n) is 2.90. The molecule has 0 heterocycles. The minimum atomic E-state index is -0.684. The lowest BCUT2D eigenvalue weighted by atomic mass is 9.94. The van der Waals surface area contributed by atoms with Crippen LogP contribution in [-0.4, -0.2) is 24.7 Å². The molecule has 0 aliphatic heterocycles. The van der Waals surface area contributed by atoms with E-state index in [4.69, 9.17) is 10.5 Å². The Hall–Kier alpha value is -1.39. The number of benzene rings is 1. The monoisotopic (exact) mass is 250 g/mol.